The van der Waals surface area contributed by atoms with Gasteiger partial charge in [-0.2, -0.15) is 11.8 Å². The summed E-state index contributed by atoms with van der Waals surface area (Å²) in [5.41, 5.74) is -0.375. The lowest BCUT2D eigenvalue weighted by Gasteiger charge is -2.32. The fourth-order valence-electron chi connectivity index (χ4n) is 2.45. The topological polar surface area (TPSA) is 32.3 Å². The van der Waals surface area contributed by atoms with Crippen LogP contribution in [0.2, 0.25) is 0 Å². The second-order valence-corrected chi connectivity index (χ2v) is 7.06. The summed E-state index contributed by atoms with van der Waals surface area (Å²) in [6, 6.07) is 0.302. The summed E-state index contributed by atoms with van der Waals surface area (Å²) in [6.45, 7) is 12.8. The van der Waals surface area contributed by atoms with E-state index in [0.717, 1.165) is 17.9 Å². The van der Waals surface area contributed by atoms with E-state index in [2.05, 4.69) is 44.8 Å². The highest BCUT2D eigenvalue weighted by Gasteiger charge is 2.48. The van der Waals surface area contributed by atoms with E-state index in [-0.39, 0.29) is 17.6 Å². The lowest BCUT2D eigenvalue weighted by molar-refractivity contribution is -0.134. The second kappa shape index (κ2) is 6.29. The van der Waals surface area contributed by atoms with Crippen LogP contribution in [-0.4, -0.2) is 40.1 Å². The molecule has 0 aromatic heterocycles. The summed E-state index contributed by atoms with van der Waals surface area (Å²) in [5, 5.41) is 3.54. The summed E-state index contributed by atoms with van der Waals surface area (Å²) < 4.78 is 0. The van der Waals surface area contributed by atoms with Gasteiger partial charge in [0.2, 0.25) is 5.91 Å². The Kier molecular flexibility index (Phi) is 5.53. The van der Waals surface area contributed by atoms with Crippen molar-refractivity contribution in [2.75, 3.05) is 11.5 Å². The van der Waals surface area contributed by atoms with Crippen LogP contribution in [0, 0.1) is 5.92 Å². The van der Waals surface area contributed by atoms with Gasteiger partial charge in [-0.3, -0.25) is 10.1 Å². The third-order valence-electron chi connectivity index (χ3n) is 3.85. The van der Waals surface area contributed by atoms with Crippen molar-refractivity contribution in [3.05, 3.63) is 0 Å². The average Bonchev–Trinajstić information content (AvgIpc) is 2.60. The van der Waals surface area contributed by atoms with Crippen LogP contribution in [0.25, 0.3) is 0 Å². The molecule has 0 saturated carbocycles. The quantitative estimate of drug-likeness (QED) is 0.807. The van der Waals surface area contributed by atoms with Gasteiger partial charge >= 0.3 is 0 Å². The molecule has 3 unspecified atom stereocenters. The van der Waals surface area contributed by atoms with Crippen molar-refractivity contribution in [2.24, 2.45) is 5.92 Å². The van der Waals surface area contributed by atoms with Crippen molar-refractivity contribution in [3.63, 3.8) is 0 Å². The average molecular weight is 272 g/mol. The molecule has 106 valence electrons. The number of amides is 1. The minimum absolute atomic E-state index is 0.176. The minimum atomic E-state index is -0.375. The number of rotatable bonds is 6. The molecule has 0 aromatic carbocycles. The van der Waals surface area contributed by atoms with E-state index in [1.807, 2.05) is 18.7 Å². The van der Waals surface area contributed by atoms with Crippen LogP contribution >= 0.6 is 11.8 Å². The lowest BCUT2D eigenvalue weighted by Crippen LogP contribution is -2.47. The van der Waals surface area contributed by atoms with Crippen molar-refractivity contribution in [1.29, 1.82) is 0 Å². The molecule has 1 heterocycles. The van der Waals surface area contributed by atoms with Crippen LogP contribution in [0.15, 0.2) is 0 Å². The molecule has 0 aliphatic carbocycles. The molecule has 1 fully saturated rings. The minimum Gasteiger partial charge on any atom is -0.322 e. The number of nitrogens with zero attached hydrogens (tertiary/aromatic N) is 1. The zero-order valence-corrected chi connectivity index (χ0v) is 13.4. The van der Waals surface area contributed by atoms with Crippen molar-refractivity contribution < 1.29 is 4.79 Å². The van der Waals surface area contributed by atoms with Crippen LogP contribution in [0.5, 0.6) is 0 Å². The third kappa shape index (κ3) is 3.02. The summed E-state index contributed by atoms with van der Waals surface area (Å²) >= 11 is 1.90. The molecule has 1 amide bonds. The van der Waals surface area contributed by atoms with Crippen molar-refractivity contribution in [2.45, 2.75) is 65.7 Å². The van der Waals surface area contributed by atoms with E-state index in [4.69, 9.17) is 0 Å². The predicted octanol–water partition coefficient (Wildman–Crippen LogP) is 2.71. The first-order valence-electron chi connectivity index (χ1n) is 7.05. The van der Waals surface area contributed by atoms with E-state index in [0.29, 0.717) is 12.0 Å². The molecule has 4 heteroatoms. The van der Waals surface area contributed by atoms with Crippen LogP contribution in [0.4, 0.5) is 0 Å². The zero-order chi connectivity index (χ0) is 13.9. The molecule has 1 saturated heterocycles. The molecule has 3 atom stereocenters. The Morgan fingerprint density at radius 2 is 2.00 bits per heavy atom. The van der Waals surface area contributed by atoms with Gasteiger partial charge in [-0.1, -0.05) is 27.7 Å². The molecule has 1 rings (SSSR count). The maximum Gasteiger partial charge on any atom is 0.244 e. The summed E-state index contributed by atoms with van der Waals surface area (Å²) in [7, 11) is 0. The van der Waals surface area contributed by atoms with E-state index < -0.39 is 0 Å². The van der Waals surface area contributed by atoms with E-state index in [9.17, 15) is 4.79 Å². The number of carbonyl (C=O) groups is 1. The standard InChI is InChI=1S/C14H28N2OS/c1-7-14(6)13(17)16(11(5)9-18-8-2)12(15-14)10(3)4/h10-12,15H,7-9H2,1-6H3. The predicted molar refractivity (Wildman–Crippen MR) is 79.8 cm³/mol. The molecule has 1 aliphatic rings. The van der Waals surface area contributed by atoms with Gasteiger partial charge < -0.3 is 4.90 Å². The number of nitrogens with one attached hydrogen (secondary N) is 1. The van der Waals surface area contributed by atoms with Gasteiger partial charge in [0, 0.05) is 11.8 Å². The van der Waals surface area contributed by atoms with E-state index in [1.165, 1.54) is 0 Å². The Bertz CT molecular complexity index is 296. The molecule has 1 N–H and O–H groups in total. The van der Waals surface area contributed by atoms with Gasteiger partial charge in [-0.15, -0.1) is 0 Å². The monoisotopic (exact) mass is 272 g/mol. The van der Waals surface area contributed by atoms with Gasteiger partial charge in [-0.25, -0.2) is 0 Å². The third-order valence-corrected chi connectivity index (χ3v) is 4.98. The molecule has 0 radical (unpaired) electrons. The molecule has 0 aromatic rings. The van der Waals surface area contributed by atoms with Crippen molar-refractivity contribution in [1.82, 2.24) is 10.2 Å². The van der Waals surface area contributed by atoms with Crippen molar-refractivity contribution in [3.8, 4) is 0 Å². The lowest BCUT2D eigenvalue weighted by atomic mass is 9.99. The van der Waals surface area contributed by atoms with Crippen LogP contribution in [-0.2, 0) is 4.79 Å². The summed E-state index contributed by atoms with van der Waals surface area (Å²) in [5.74, 6) is 2.84. The number of carbonyl (C=O) groups excluding carboxylic acids is 1. The summed E-state index contributed by atoms with van der Waals surface area (Å²) in [4.78, 5) is 14.7. The Morgan fingerprint density at radius 1 is 1.39 bits per heavy atom. The SMILES string of the molecule is CCSCC(C)N1C(=O)C(C)(CC)NC1C(C)C. The van der Waals surface area contributed by atoms with E-state index >= 15 is 0 Å². The first-order valence-corrected chi connectivity index (χ1v) is 8.21. The van der Waals surface area contributed by atoms with Crippen LogP contribution in [0.3, 0.4) is 0 Å². The highest BCUT2D eigenvalue weighted by atomic mass is 32.2. The van der Waals surface area contributed by atoms with Crippen LogP contribution in [0.1, 0.15) is 48.0 Å². The van der Waals surface area contributed by atoms with Gasteiger partial charge in [0.25, 0.3) is 0 Å². The molecule has 18 heavy (non-hydrogen) atoms. The first kappa shape index (κ1) is 15.8. The molecule has 0 bridgehead atoms. The van der Waals surface area contributed by atoms with E-state index in [1.54, 1.807) is 0 Å². The second-order valence-electron chi connectivity index (χ2n) is 5.74. The molecular formula is C14H28N2OS. The number of thioether (sulfide) groups is 1. The largest absolute Gasteiger partial charge is 0.322 e. The Balaban J connectivity index is 2.87. The zero-order valence-electron chi connectivity index (χ0n) is 12.6. The van der Waals surface area contributed by atoms with Gasteiger partial charge in [-0.05, 0) is 31.9 Å². The van der Waals surface area contributed by atoms with Gasteiger partial charge in [0.05, 0.1) is 11.7 Å². The molecular weight excluding hydrogens is 244 g/mol. The molecule has 3 nitrogen and oxygen atoms in total. The smallest absolute Gasteiger partial charge is 0.244 e. The highest BCUT2D eigenvalue weighted by Crippen LogP contribution is 2.29. The molecule has 1 aliphatic heterocycles. The first-order chi connectivity index (χ1) is 8.37. The van der Waals surface area contributed by atoms with Gasteiger partial charge in [0.1, 0.15) is 0 Å². The Labute approximate surface area is 116 Å². The number of hydrogen-bond donors (Lipinski definition) is 1. The van der Waals surface area contributed by atoms with Crippen LogP contribution < -0.4 is 5.32 Å². The Morgan fingerprint density at radius 3 is 2.44 bits per heavy atom. The summed E-state index contributed by atoms with van der Waals surface area (Å²) in [6.07, 6.45) is 1.02. The fraction of sp³-hybridized carbons (Fsp3) is 0.929. The maximum atomic E-state index is 12.6. The maximum absolute atomic E-state index is 12.6. The normalized spacial score (nSPS) is 30.3. The fourth-order valence-corrected chi connectivity index (χ4v) is 3.19. The van der Waals surface area contributed by atoms with Crippen molar-refractivity contribution >= 4 is 17.7 Å². The Hall–Kier alpha value is -0.220. The molecule has 0 spiro atoms. The number of hydrogen-bond acceptors (Lipinski definition) is 3. The highest BCUT2D eigenvalue weighted by molar-refractivity contribution is 7.99. The van der Waals surface area contributed by atoms with Gasteiger partial charge in [0.15, 0.2) is 0 Å².